The first kappa shape index (κ1) is 15.9. The largest absolute Gasteiger partial charge is 0.451 e. The molecule has 0 aliphatic heterocycles. The smallest absolute Gasteiger partial charge is 0.291 e. The van der Waals surface area contributed by atoms with Gasteiger partial charge in [-0.3, -0.25) is 4.79 Å². The highest BCUT2D eigenvalue weighted by Gasteiger charge is 2.15. The minimum absolute atomic E-state index is 0.149. The number of amides is 1. The molecule has 1 N–H and O–H groups in total. The molecule has 0 unspecified atom stereocenters. The summed E-state index contributed by atoms with van der Waals surface area (Å²) in [5.74, 6) is 0.237. The number of anilines is 1. The van der Waals surface area contributed by atoms with Crippen LogP contribution >= 0.6 is 34.8 Å². The van der Waals surface area contributed by atoms with Crippen molar-refractivity contribution in [3.63, 3.8) is 0 Å². The van der Waals surface area contributed by atoms with E-state index < -0.39 is 5.91 Å². The molecule has 0 saturated carbocycles. The van der Waals surface area contributed by atoms with E-state index in [4.69, 9.17) is 39.2 Å². The van der Waals surface area contributed by atoms with E-state index in [1.54, 1.807) is 36.4 Å². The molecule has 116 valence electrons. The van der Waals surface area contributed by atoms with Crippen LogP contribution in [-0.4, -0.2) is 5.91 Å². The van der Waals surface area contributed by atoms with Crippen molar-refractivity contribution in [3.8, 4) is 11.3 Å². The van der Waals surface area contributed by atoms with E-state index in [9.17, 15) is 4.79 Å². The number of carbonyl (C=O) groups excluding carboxylic acids is 1. The lowest BCUT2D eigenvalue weighted by molar-refractivity contribution is 0.0997. The summed E-state index contributed by atoms with van der Waals surface area (Å²) in [4.78, 5) is 12.3. The molecule has 3 rings (SSSR count). The number of hydrogen-bond donors (Lipinski definition) is 1. The first-order valence-electron chi connectivity index (χ1n) is 6.66. The maximum atomic E-state index is 12.3. The van der Waals surface area contributed by atoms with Crippen molar-refractivity contribution >= 4 is 46.4 Å². The Morgan fingerprint density at radius 1 is 0.913 bits per heavy atom. The van der Waals surface area contributed by atoms with Gasteiger partial charge in [-0.25, -0.2) is 0 Å². The highest BCUT2D eigenvalue weighted by Crippen LogP contribution is 2.30. The third kappa shape index (κ3) is 3.53. The van der Waals surface area contributed by atoms with E-state index in [1.807, 2.05) is 18.2 Å². The normalized spacial score (nSPS) is 10.6. The Balaban J connectivity index is 1.84. The Labute approximate surface area is 147 Å². The van der Waals surface area contributed by atoms with Gasteiger partial charge in [-0.05, 0) is 42.5 Å². The molecule has 6 heteroatoms. The van der Waals surface area contributed by atoms with Crippen LogP contribution in [0.5, 0.6) is 0 Å². The summed E-state index contributed by atoms with van der Waals surface area (Å²) in [6, 6.07) is 15.3. The van der Waals surface area contributed by atoms with E-state index in [0.29, 0.717) is 32.1 Å². The van der Waals surface area contributed by atoms with E-state index in [1.165, 1.54) is 0 Å². The second-order valence-corrected chi connectivity index (χ2v) is 5.97. The van der Waals surface area contributed by atoms with Crippen molar-refractivity contribution in [2.24, 2.45) is 0 Å². The fraction of sp³-hybridized carbons (Fsp3) is 0. The van der Waals surface area contributed by atoms with Crippen molar-refractivity contribution in [2.45, 2.75) is 0 Å². The number of rotatable bonds is 3. The quantitative estimate of drug-likeness (QED) is 0.603. The number of carbonyl (C=O) groups is 1. The average molecular weight is 367 g/mol. The highest BCUT2D eigenvalue weighted by atomic mass is 35.5. The Bertz CT molecular complexity index is 874. The summed E-state index contributed by atoms with van der Waals surface area (Å²) >= 11 is 18.1. The fourth-order valence-electron chi connectivity index (χ4n) is 2.04. The van der Waals surface area contributed by atoms with Crippen molar-refractivity contribution in [1.29, 1.82) is 0 Å². The maximum Gasteiger partial charge on any atom is 0.291 e. The molecule has 0 atom stereocenters. The molecule has 23 heavy (non-hydrogen) atoms. The van der Waals surface area contributed by atoms with Crippen LogP contribution in [0.3, 0.4) is 0 Å². The van der Waals surface area contributed by atoms with Gasteiger partial charge < -0.3 is 9.73 Å². The van der Waals surface area contributed by atoms with Gasteiger partial charge in [0.05, 0.1) is 15.7 Å². The van der Waals surface area contributed by atoms with Crippen LogP contribution in [0, 0.1) is 0 Å². The lowest BCUT2D eigenvalue weighted by Gasteiger charge is -2.06. The number of furan rings is 1. The van der Waals surface area contributed by atoms with Crippen molar-refractivity contribution < 1.29 is 9.21 Å². The fourth-order valence-corrected chi connectivity index (χ4v) is 2.61. The molecular formula is C17H10Cl3NO2. The van der Waals surface area contributed by atoms with Crippen LogP contribution < -0.4 is 5.32 Å². The van der Waals surface area contributed by atoms with Gasteiger partial charge in [-0.15, -0.1) is 0 Å². The lowest BCUT2D eigenvalue weighted by atomic mass is 10.2. The summed E-state index contributed by atoms with van der Waals surface area (Å²) < 4.78 is 5.58. The monoisotopic (exact) mass is 365 g/mol. The Kier molecular flexibility index (Phi) is 4.62. The van der Waals surface area contributed by atoms with Gasteiger partial charge in [0, 0.05) is 10.6 Å². The van der Waals surface area contributed by atoms with Crippen molar-refractivity contribution in [3.05, 3.63) is 75.4 Å². The molecule has 3 aromatic rings. The SMILES string of the molecule is O=C(Nc1cc(Cl)ccc1Cl)c1ccc(-c2ccccc2Cl)o1. The van der Waals surface area contributed by atoms with Gasteiger partial charge in [-0.1, -0.05) is 46.9 Å². The first-order valence-corrected chi connectivity index (χ1v) is 7.79. The molecule has 3 nitrogen and oxygen atoms in total. The van der Waals surface area contributed by atoms with E-state index in [2.05, 4.69) is 5.32 Å². The van der Waals surface area contributed by atoms with Gasteiger partial charge in [0.25, 0.3) is 5.91 Å². The summed E-state index contributed by atoms with van der Waals surface area (Å²) in [6.45, 7) is 0. The molecule has 1 heterocycles. The number of hydrogen-bond acceptors (Lipinski definition) is 2. The van der Waals surface area contributed by atoms with Gasteiger partial charge in [0.2, 0.25) is 0 Å². The summed E-state index contributed by atoms with van der Waals surface area (Å²) in [7, 11) is 0. The molecular weight excluding hydrogens is 357 g/mol. The predicted octanol–water partition coefficient (Wildman–Crippen LogP) is 6.16. The molecule has 1 amide bonds. The molecule has 0 fully saturated rings. The second kappa shape index (κ2) is 6.67. The van der Waals surface area contributed by atoms with E-state index >= 15 is 0 Å². The molecule has 0 saturated heterocycles. The van der Waals surface area contributed by atoms with Crippen LogP contribution in [0.25, 0.3) is 11.3 Å². The molecule has 2 aromatic carbocycles. The van der Waals surface area contributed by atoms with Gasteiger partial charge in [0.15, 0.2) is 5.76 Å². The van der Waals surface area contributed by atoms with Gasteiger partial charge in [-0.2, -0.15) is 0 Å². The van der Waals surface area contributed by atoms with Crippen molar-refractivity contribution in [2.75, 3.05) is 5.32 Å². The minimum atomic E-state index is -0.424. The highest BCUT2D eigenvalue weighted by molar-refractivity contribution is 6.36. The van der Waals surface area contributed by atoms with Crippen LogP contribution in [0.2, 0.25) is 15.1 Å². The second-order valence-electron chi connectivity index (χ2n) is 4.72. The Morgan fingerprint density at radius 2 is 1.70 bits per heavy atom. The number of halogens is 3. The Hall–Kier alpha value is -1.94. The molecule has 0 aliphatic rings. The first-order chi connectivity index (χ1) is 11.0. The average Bonchev–Trinajstić information content (AvgIpc) is 3.01. The third-order valence-corrected chi connectivity index (χ3v) is 4.04. The molecule has 0 radical (unpaired) electrons. The number of nitrogens with one attached hydrogen (secondary N) is 1. The van der Waals surface area contributed by atoms with Crippen LogP contribution in [0.15, 0.2) is 59.0 Å². The molecule has 0 aliphatic carbocycles. The molecule has 0 spiro atoms. The van der Waals surface area contributed by atoms with Crippen LogP contribution in [-0.2, 0) is 0 Å². The standard InChI is InChI=1S/C17H10Cl3NO2/c18-10-5-6-13(20)14(9-10)21-17(22)16-8-7-15(23-16)11-3-1-2-4-12(11)19/h1-9H,(H,21,22). The summed E-state index contributed by atoms with van der Waals surface area (Å²) in [5, 5.41) is 4.08. The zero-order chi connectivity index (χ0) is 16.4. The minimum Gasteiger partial charge on any atom is -0.451 e. The molecule has 0 bridgehead atoms. The Morgan fingerprint density at radius 3 is 2.48 bits per heavy atom. The van der Waals surface area contributed by atoms with Crippen LogP contribution in [0.4, 0.5) is 5.69 Å². The maximum absolute atomic E-state index is 12.3. The predicted molar refractivity (Wildman–Crippen MR) is 93.6 cm³/mol. The van der Waals surface area contributed by atoms with E-state index in [0.717, 1.165) is 0 Å². The lowest BCUT2D eigenvalue weighted by Crippen LogP contribution is -2.11. The van der Waals surface area contributed by atoms with Gasteiger partial charge in [0.1, 0.15) is 5.76 Å². The summed E-state index contributed by atoms with van der Waals surface area (Å²) in [6.07, 6.45) is 0. The topological polar surface area (TPSA) is 42.2 Å². The third-order valence-electron chi connectivity index (χ3n) is 3.15. The molecule has 1 aromatic heterocycles. The number of benzene rings is 2. The zero-order valence-corrected chi connectivity index (χ0v) is 13.9. The zero-order valence-electron chi connectivity index (χ0n) is 11.6. The van der Waals surface area contributed by atoms with Crippen molar-refractivity contribution in [1.82, 2.24) is 0 Å². The summed E-state index contributed by atoms with van der Waals surface area (Å²) in [5.41, 5.74) is 1.13. The van der Waals surface area contributed by atoms with Gasteiger partial charge >= 0.3 is 0 Å². The van der Waals surface area contributed by atoms with E-state index in [-0.39, 0.29) is 5.76 Å². The van der Waals surface area contributed by atoms with Crippen LogP contribution in [0.1, 0.15) is 10.6 Å².